The van der Waals surface area contributed by atoms with Gasteiger partial charge in [-0.1, -0.05) is 6.92 Å². The number of carboxylic acids is 1. The summed E-state index contributed by atoms with van der Waals surface area (Å²) >= 11 is 1.39. The van der Waals surface area contributed by atoms with E-state index in [0.29, 0.717) is 24.4 Å². The number of carboxylic acid groups (broad SMARTS) is 1. The number of aliphatic hydroxyl groups excluding tert-OH is 1. The molecule has 206 valence electrons. The van der Waals surface area contributed by atoms with Crippen LogP contribution in [0.1, 0.15) is 20.3 Å². The number of nitrogens with zero attached hydrogens (tertiary/aromatic N) is 6. The van der Waals surface area contributed by atoms with Gasteiger partial charge in [0.2, 0.25) is 17.7 Å². The Labute approximate surface area is 222 Å². The second kappa shape index (κ2) is 10.2. The summed E-state index contributed by atoms with van der Waals surface area (Å²) in [5.41, 5.74) is 5.81. The summed E-state index contributed by atoms with van der Waals surface area (Å²) in [6.45, 7) is 4.52. The number of aliphatic carboxylic acids is 1. The molecule has 8 atom stereocenters. The molecule has 3 saturated heterocycles. The molecule has 16 heteroatoms. The first kappa shape index (κ1) is 26.5. The molecule has 15 nitrogen and oxygen atoms in total. The van der Waals surface area contributed by atoms with Crippen molar-refractivity contribution < 1.29 is 29.4 Å². The van der Waals surface area contributed by atoms with Crippen LogP contribution in [0, 0.1) is 11.8 Å². The maximum Gasteiger partial charge on any atom is 0.353 e. The van der Waals surface area contributed by atoms with Gasteiger partial charge in [0.25, 0.3) is 0 Å². The molecule has 3 fully saturated rings. The Morgan fingerprint density at radius 2 is 2.11 bits per heavy atom. The SMILES string of the molecule is C[C@@H](NC(=O)Cn1cnnn1)[C@H]1C(=O)N2C(C(=O)O)=C(S[C@@H]3CN[C@H](C(=O)N4C[C@H](N)[C@@H](O)C4)C3)[C@H](C)[C@H]12. The van der Waals surface area contributed by atoms with Crippen molar-refractivity contribution >= 4 is 35.5 Å². The van der Waals surface area contributed by atoms with Crippen LogP contribution in [0.15, 0.2) is 16.9 Å². The molecule has 38 heavy (non-hydrogen) atoms. The fourth-order valence-electron chi connectivity index (χ4n) is 5.86. The Balaban J connectivity index is 1.23. The Kier molecular flexibility index (Phi) is 7.15. The number of β-amino-alcohol motifs (C(OH)–C–C–N with tert-alkyl or cyclic N) is 1. The standard InChI is InChI=1S/C22H31N9O6S/c1-9-17-16(10(2)26-15(33)7-30-8-25-27-28-30)21(35)31(17)18(22(36)37)19(9)38-11-3-13(24-4-11)20(34)29-5-12(23)14(32)6-29/h8-14,16-17,24,32H,3-7,23H2,1-2H3,(H,26,33)(H,36,37)/t9-,10-,11+,12+,13+,14+,16-,17-/m1/s1. The van der Waals surface area contributed by atoms with Crippen LogP contribution in [0.5, 0.6) is 0 Å². The molecule has 0 spiro atoms. The molecule has 0 aliphatic carbocycles. The molecule has 0 radical (unpaired) electrons. The van der Waals surface area contributed by atoms with Crippen molar-refractivity contribution in [1.29, 1.82) is 0 Å². The van der Waals surface area contributed by atoms with Gasteiger partial charge in [-0.05, 0) is 23.8 Å². The fraction of sp³-hybridized carbons (Fsp3) is 0.682. The molecule has 3 amide bonds. The largest absolute Gasteiger partial charge is 0.477 e. The zero-order chi connectivity index (χ0) is 27.3. The third-order valence-electron chi connectivity index (χ3n) is 7.74. The first-order chi connectivity index (χ1) is 18.1. The number of hydrogen-bond acceptors (Lipinski definition) is 11. The van der Waals surface area contributed by atoms with Crippen LogP contribution >= 0.6 is 11.8 Å². The van der Waals surface area contributed by atoms with E-state index in [2.05, 4.69) is 26.2 Å². The summed E-state index contributed by atoms with van der Waals surface area (Å²) in [7, 11) is 0. The molecular weight excluding hydrogens is 518 g/mol. The molecule has 5 rings (SSSR count). The minimum Gasteiger partial charge on any atom is -0.477 e. The third-order valence-corrected chi connectivity index (χ3v) is 9.25. The monoisotopic (exact) mass is 549 g/mol. The van der Waals surface area contributed by atoms with Crippen LogP contribution < -0.4 is 16.4 Å². The Hall–Kier alpha value is -3.08. The van der Waals surface area contributed by atoms with Gasteiger partial charge in [0.1, 0.15) is 18.6 Å². The van der Waals surface area contributed by atoms with Crippen molar-refractivity contribution in [3.63, 3.8) is 0 Å². The summed E-state index contributed by atoms with van der Waals surface area (Å²) < 4.78 is 1.27. The number of thioether (sulfide) groups is 1. The molecular formula is C22H31N9O6S. The molecule has 5 heterocycles. The molecule has 0 unspecified atom stereocenters. The summed E-state index contributed by atoms with van der Waals surface area (Å²) in [6.07, 6.45) is 1.06. The Morgan fingerprint density at radius 1 is 1.34 bits per heavy atom. The summed E-state index contributed by atoms with van der Waals surface area (Å²) in [5, 5.41) is 36.5. The second-order valence-corrected chi connectivity index (χ2v) is 11.6. The fourth-order valence-corrected chi connectivity index (χ4v) is 7.34. The van der Waals surface area contributed by atoms with E-state index in [1.807, 2.05) is 6.92 Å². The van der Waals surface area contributed by atoms with Crippen molar-refractivity contribution in [2.45, 2.75) is 62.3 Å². The average Bonchev–Trinajstić information content (AvgIpc) is 3.63. The molecule has 0 saturated carbocycles. The van der Waals surface area contributed by atoms with E-state index in [1.54, 1.807) is 11.8 Å². The van der Waals surface area contributed by atoms with Crippen molar-refractivity contribution in [3.05, 3.63) is 16.9 Å². The number of tetrazole rings is 1. The molecule has 1 aromatic rings. The number of nitrogens with one attached hydrogen (secondary N) is 2. The van der Waals surface area contributed by atoms with E-state index in [0.717, 1.165) is 0 Å². The molecule has 6 N–H and O–H groups in total. The molecule has 4 aliphatic rings. The quantitative estimate of drug-likeness (QED) is 0.205. The molecule has 0 bridgehead atoms. The van der Waals surface area contributed by atoms with Crippen LogP contribution in [-0.2, 0) is 25.7 Å². The lowest BCUT2D eigenvalue weighted by Gasteiger charge is -2.47. The van der Waals surface area contributed by atoms with Crippen LogP contribution in [-0.4, -0.2) is 119 Å². The number of carbonyl (C=O) groups excluding carboxylic acids is 3. The van der Waals surface area contributed by atoms with Gasteiger partial charge in [0, 0.05) is 47.8 Å². The number of nitrogens with two attached hydrogens (primary N) is 1. The van der Waals surface area contributed by atoms with E-state index in [-0.39, 0.29) is 53.7 Å². The Bertz CT molecular complexity index is 1150. The summed E-state index contributed by atoms with van der Waals surface area (Å²) in [4.78, 5) is 54.2. The lowest BCUT2D eigenvalue weighted by atomic mass is 9.78. The highest BCUT2D eigenvalue weighted by atomic mass is 32.2. The number of carbonyl (C=O) groups is 4. The number of amides is 3. The summed E-state index contributed by atoms with van der Waals surface area (Å²) in [5.74, 6) is -2.83. The van der Waals surface area contributed by atoms with Crippen LogP contribution in [0.3, 0.4) is 0 Å². The molecule has 4 aliphatic heterocycles. The van der Waals surface area contributed by atoms with Crippen LogP contribution in [0.2, 0.25) is 0 Å². The highest BCUT2D eigenvalue weighted by Gasteiger charge is 2.60. The minimum atomic E-state index is -1.18. The lowest BCUT2D eigenvalue weighted by Crippen LogP contribution is -2.66. The van der Waals surface area contributed by atoms with E-state index < -0.39 is 36.1 Å². The zero-order valence-corrected chi connectivity index (χ0v) is 21.7. The minimum absolute atomic E-state index is 0.0237. The van der Waals surface area contributed by atoms with Crippen molar-refractivity contribution in [2.75, 3.05) is 19.6 Å². The lowest BCUT2D eigenvalue weighted by molar-refractivity contribution is -0.158. The maximum atomic E-state index is 13.1. The third kappa shape index (κ3) is 4.65. The topological polar surface area (TPSA) is 209 Å². The number of likely N-dealkylation sites (tertiary alicyclic amines) is 1. The van der Waals surface area contributed by atoms with Crippen LogP contribution in [0.25, 0.3) is 0 Å². The number of β-lactam (4-membered cyclic amide) rings is 1. The van der Waals surface area contributed by atoms with Gasteiger partial charge in [-0.3, -0.25) is 14.4 Å². The summed E-state index contributed by atoms with van der Waals surface area (Å²) in [6, 6.07) is -1.82. The highest BCUT2D eigenvalue weighted by molar-refractivity contribution is 8.03. The van der Waals surface area contributed by atoms with E-state index >= 15 is 0 Å². The number of aliphatic hydroxyl groups is 1. The second-order valence-electron chi connectivity index (χ2n) is 10.3. The first-order valence-corrected chi connectivity index (χ1v) is 13.4. The molecule has 1 aromatic heterocycles. The van der Waals surface area contributed by atoms with Gasteiger partial charge < -0.3 is 36.4 Å². The van der Waals surface area contributed by atoms with E-state index in [9.17, 15) is 29.4 Å². The van der Waals surface area contributed by atoms with Gasteiger partial charge in [0.15, 0.2) is 0 Å². The van der Waals surface area contributed by atoms with Gasteiger partial charge >= 0.3 is 5.97 Å². The van der Waals surface area contributed by atoms with Crippen molar-refractivity contribution in [1.82, 2.24) is 40.6 Å². The van der Waals surface area contributed by atoms with E-state index in [1.165, 1.54) is 27.7 Å². The zero-order valence-electron chi connectivity index (χ0n) is 20.9. The number of fused-ring (bicyclic) bond motifs is 1. The predicted molar refractivity (Wildman–Crippen MR) is 132 cm³/mol. The number of rotatable bonds is 8. The number of aromatic nitrogens is 4. The first-order valence-electron chi connectivity index (χ1n) is 12.5. The van der Waals surface area contributed by atoms with Gasteiger partial charge in [0.05, 0.1) is 24.1 Å². The smallest absolute Gasteiger partial charge is 0.353 e. The predicted octanol–water partition coefficient (Wildman–Crippen LogP) is -3.06. The maximum absolute atomic E-state index is 13.1. The number of hydrogen-bond donors (Lipinski definition) is 5. The van der Waals surface area contributed by atoms with Crippen molar-refractivity contribution in [2.24, 2.45) is 17.6 Å². The normalized spacial score (nSPS) is 33.4. The van der Waals surface area contributed by atoms with Crippen LogP contribution in [0.4, 0.5) is 0 Å². The Morgan fingerprint density at radius 3 is 2.74 bits per heavy atom. The average molecular weight is 550 g/mol. The highest BCUT2D eigenvalue weighted by Crippen LogP contribution is 2.51. The van der Waals surface area contributed by atoms with Gasteiger partial charge in [-0.2, -0.15) is 0 Å². The van der Waals surface area contributed by atoms with Crippen molar-refractivity contribution in [3.8, 4) is 0 Å². The molecule has 0 aromatic carbocycles. The van der Waals surface area contributed by atoms with Gasteiger partial charge in [-0.25, -0.2) is 9.48 Å². The van der Waals surface area contributed by atoms with E-state index in [4.69, 9.17) is 5.73 Å². The van der Waals surface area contributed by atoms with Gasteiger partial charge in [-0.15, -0.1) is 16.9 Å².